The van der Waals surface area contributed by atoms with Crippen LogP contribution in [0.25, 0.3) is 0 Å². The maximum Gasteiger partial charge on any atom is 0.329 e. The predicted molar refractivity (Wildman–Crippen MR) is 82.4 cm³/mol. The van der Waals surface area contributed by atoms with Crippen molar-refractivity contribution in [2.45, 2.75) is 6.42 Å². The van der Waals surface area contributed by atoms with Gasteiger partial charge in [0.15, 0.2) is 0 Å². The van der Waals surface area contributed by atoms with Crippen LogP contribution in [-0.4, -0.2) is 22.9 Å². The van der Waals surface area contributed by atoms with Crippen molar-refractivity contribution in [1.29, 1.82) is 5.26 Å². The van der Waals surface area contributed by atoms with Gasteiger partial charge in [0, 0.05) is 24.6 Å². The molecule has 0 radical (unpaired) electrons. The summed E-state index contributed by atoms with van der Waals surface area (Å²) in [6.45, 7) is 0. The van der Waals surface area contributed by atoms with Crippen molar-refractivity contribution in [3.05, 3.63) is 51.7 Å². The summed E-state index contributed by atoms with van der Waals surface area (Å²) in [5, 5.41) is 23.0. The van der Waals surface area contributed by atoms with E-state index >= 15 is 0 Å². The van der Waals surface area contributed by atoms with E-state index in [1.807, 2.05) is 0 Å². The number of rotatable bonds is 3. The zero-order valence-corrected chi connectivity index (χ0v) is 12.1. The molecule has 1 aliphatic heterocycles. The maximum atomic E-state index is 11.7. The zero-order valence-electron chi connectivity index (χ0n) is 12.1. The second kappa shape index (κ2) is 5.38. The summed E-state index contributed by atoms with van der Waals surface area (Å²) >= 11 is 0. The smallest absolute Gasteiger partial charge is 0.329 e. The van der Waals surface area contributed by atoms with Crippen LogP contribution in [0.4, 0.5) is 22.9 Å². The number of nitro groups is 1. The zero-order chi connectivity index (χ0) is 16.6. The maximum absolute atomic E-state index is 11.7. The molecule has 1 aliphatic rings. The van der Waals surface area contributed by atoms with E-state index in [2.05, 4.69) is 10.3 Å². The van der Waals surface area contributed by atoms with Gasteiger partial charge in [-0.05, 0) is 29.8 Å². The molecule has 0 fully saturated rings. The van der Waals surface area contributed by atoms with Gasteiger partial charge in [-0.25, -0.2) is 4.98 Å². The van der Waals surface area contributed by atoms with Gasteiger partial charge in [0.05, 0.1) is 11.3 Å². The third kappa shape index (κ3) is 2.44. The highest BCUT2D eigenvalue weighted by atomic mass is 16.6. The van der Waals surface area contributed by atoms with Gasteiger partial charge in [0.2, 0.25) is 11.7 Å². The Kier molecular flexibility index (Phi) is 3.38. The monoisotopic (exact) mass is 309 g/mol. The van der Waals surface area contributed by atoms with Gasteiger partial charge in [-0.2, -0.15) is 5.26 Å². The topological polar surface area (TPSA) is 112 Å². The first-order chi connectivity index (χ1) is 11.0. The highest BCUT2D eigenvalue weighted by Crippen LogP contribution is 2.33. The molecule has 2 aromatic rings. The molecule has 23 heavy (non-hydrogen) atoms. The van der Waals surface area contributed by atoms with Gasteiger partial charge < -0.3 is 10.2 Å². The molecular formula is C15H11N5O3. The fourth-order valence-electron chi connectivity index (χ4n) is 2.51. The Morgan fingerprint density at radius 3 is 2.91 bits per heavy atom. The number of aromatic nitrogens is 1. The second-order valence-electron chi connectivity index (χ2n) is 5.02. The highest BCUT2D eigenvalue weighted by molar-refractivity contribution is 6.01. The minimum absolute atomic E-state index is 0.00673. The average Bonchev–Trinajstić information content (AvgIpc) is 2.81. The third-order valence-electron chi connectivity index (χ3n) is 3.65. The van der Waals surface area contributed by atoms with E-state index in [1.165, 1.54) is 12.3 Å². The van der Waals surface area contributed by atoms with Crippen LogP contribution in [0.1, 0.15) is 11.1 Å². The van der Waals surface area contributed by atoms with E-state index in [4.69, 9.17) is 5.26 Å². The molecule has 1 N–H and O–H groups in total. The molecule has 0 atom stereocenters. The molecule has 0 bridgehead atoms. The first kappa shape index (κ1) is 14.5. The Morgan fingerprint density at radius 2 is 2.22 bits per heavy atom. The Labute approximate surface area is 131 Å². The van der Waals surface area contributed by atoms with E-state index in [9.17, 15) is 14.9 Å². The van der Waals surface area contributed by atoms with Crippen LogP contribution in [0.3, 0.4) is 0 Å². The Hall–Kier alpha value is -3.47. The molecule has 1 aromatic heterocycles. The first-order valence-corrected chi connectivity index (χ1v) is 6.71. The molecule has 0 unspecified atom stereocenters. The second-order valence-corrected chi connectivity index (χ2v) is 5.02. The number of nitriles is 1. The lowest BCUT2D eigenvalue weighted by Gasteiger charge is -2.11. The largest absolute Gasteiger partial charge is 0.334 e. The van der Waals surface area contributed by atoms with Crippen molar-refractivity contribution in [2.24, 2.45) is 0 Å². The number of anilines is 3. The number of carbonyl (C=O) groups is 1. The van der Waals surface area contributed by atoms with Crippen LogP contribution in [0, 0.1) is 21.4 Å². The third-order valence-corrected chi connectivity index (χ3v) is 3.65. The summed E-state index contributed by atoms with van der Waals surface area (Å²) in [6.07, 6.45) is 1.62. The molecule has 114 valence electrons. The van der Waals surface area contributed by atoms with Crippen molar-refractivity contribution in [1.82, 2.24) is 4.98 Å². The lowest BCUT2D eigenvalue weighted by atomic mass is 10.1. The molecule has 2 heterocycles. The Bertz CT molecular complexity index is 872. The van der Waals surface area contributed by atoms with Gasteiger partial charge in [-0.1, -0.05) is 0 Å². The predicted octanol–water partition coefficient (Wildman–Crippen LogP) is 2.12. The lowest BCUT2D eigenvalue weighted by molar-refractivity contribution is -0.384. The van der Waals surface area contributed by atoms with Gasteiger partial charge in [0.1, 0.15) is 11.6 Å². The van der Waals surface area contributed by atoms with Crippen LogP contribution in [-0.2, 0) is 11.2 Å². The molecule has 8 nitrogen and oxygen atoms in total. The van der Waals surface area contributed by atoms with Crippen LogP contribution >= 0.6 is 0 Å². The number of nitrogens with zero attached hydrogens (tertiary/aromatic N) is 4. The van der Waals surface area contributed by atoms with Crippen molar-refractivity contribution in [3.8, 4) is 6.07 Å². The van der Waals surface area contributed by atoms with Crippen molar-refractivity contribution < 1.29 is 9.72 Å². The Morgan fingerprint density at radius 1 is 1.43 bits per heavy atom. The van der Waals surface area contributed by atoms with Crippen LogP contribution in [0.5, 0.6) is 0 Å². The number of nitrogens with one attached hydrogen (secondary N) is 1. The molecular weight excluding hydrogens is 298 g/mol. The summed E-state index contributed by atoms with van der Waals surface area (Å²) in [5.41, 5.74) is 1.78. The summed E-state index contributed by atoms with van der Waals surface area (Å²) < 4.78 is 0. The quantitative estimate of drug-likeness (QED) is 0.686. The summed E-state index contributed by atoms with van der Waals surface area (Å²) in [6, 6.07) is 8.30. The number of carbonyl (C=O) groups excluding carboxylic acids is 1. The SMILES string of the molecule is CN1C(=O)Cc2cc(Nc3nccc(C#N)c3[N+](=O)[O-])ccc21. The molecule has 1 amide bonds. The van der Waals surface area contributed by atoms with Gasteiger partial charge in [-0.3, -0.25) is 14.9 Å². The average molecular weight is 309 g/mol. The van der Waals surface area contributed by atoms with Crippen LogP contribution in [0.15, 0.2) is 30.5 Å². The van der Waals surface area contributed by atoms with E-state index in [0.29, 0.717) is 5.69 Å². The fraction of sp³-hybridized carbons (Fsp3) is 0.133. The summed E-state index contributed by atoms with van der Waals surface area (Å²) in [4.78, 5) is 27.8. The van der Waals surface area contributed by atoms with E-state index in [1.54, 1.807) is 36.2 Å². The molecule has 0 spiro atoms. The number of pyridine rings is 1. The van der Waals surface area contributed by atoms with E-state index in [0.717, 1.165) is 11.3 Å². The Balaban J connectivity index is 1.99. The van der Waals surface area contributed by atoms with Crippen molar-refractivity contribution in [2.75, 3.05) is 17.3 Å². The summed E-state index contributed by atoms with van der Waals surface area (Å²) in [7, 11) is 1.70. The van der Waals surface area contributed by atoms with Crippen molar-refractivity contribution in [3.63, 3.8) is 0 Å². The number of hydrogen-bond donors (Lipinski definition) is 1. The van der Waals surface area contributed by atoms with Crippen molar-refractivity contribution >= 4 is 28.8 Å². The van der Waals surface area contributed by atoms with Crippen LogP contribution in [0.2, 0.25) is 0 Å². The number of benzene rings is 1. The van der Waals surface area contributed by atoms with Gasteiger partial charge in [-0.15, -0.1) is 0 Å². The minimum Gasteiger partial charge on any atom is -0.334 e. The number of fused-ring (bicyclic) bond motifs is 1. The molecule has 0 aliphatic carbocycles. The lowest BCUT2D eigenvalue weighted by Crippen LogP contribution is -2.20. The number of amides is 1. The molecule has 0 saturated carbocycles. The fourth-order valence-corrected chi connectivity index (χ4v) is 2.51. The summed E-state index contributed by atoms with van der Waals surface area (Å²) in [5.74, 6) is -0.0144. The highest BCUT2D eigenvalue weighted by Gasteiger charge is 2.25. The molecule has 1 aromatic carbocycles. The van der Waals surface area contributed by atoms with Gasteiger partial charge in [0.25, 0.3) is 0 Å². The van der Waals surface area contributed by atoms with E-state index in [-0.39, 0.29) is 29.4 Å². The number of likely N-dealkylation sites (N-methyl/N-ethyl adjacent to an activating group) is 1. The first-order valence-electron chi connectivity index (χ1n) is 6.71. The normalized spacial score (nSPS) is 12.7. The van der Waals surface area contributed by atoms with Crippen LogP contribution < -0.4 is 10.2 Å². The standard InChI is InChI=1S/C15H11N5O3/c1-19-12-3-2-11(6-10(12)7-13(19)21)18-15-14(20(22)23)9(8-16)4-5-17-15/h2-6H,7H2,1H3,(H,17,18). The molecule has 3 rings (SSSR count). The van der Waals surface area contributed by atoms with E-state index < -0.39 is 4.92 Å². The molecule has 8 heteroatoms. The van der Waals surface area contributed by atoms with Gasteiger partial charge >= 0.3 is 5.69 Å². The molecule has 0 saturated heterocycles. The number of hydrogen-bond acceptors (Lipinski definition) is 6. The minimum atomic E-state index is -0.640.